The van der Waals surface area contributed by atoms with Gasteiger partial charge in [0.1, 0.15) is 0 Å². The number of carbonyl (C=O) groups excluding carboxylic acids is 1. The Labute approximate surface area is 167 Å². The zero-order chi connectivity index (χ0) is 20.5. The summed E-state index contributed by atoms with van der Waals surface area (Å²) in [6.07, 6.45) is 1.69. The van der Waals surface area contributed by atoms with E-state index in [4.69, 9.17) is 0 Å². The van der Waals surface area contributed by atoms with Crippen molar-refractivity contribution in [3.8, 4) is 0 Å². The van der Waals surface area contributed by atoms with E-state index in [0.717, 1.165) is 43.1 Å². The van der Waals surface area contributed by atoms with Gasteiger partial charge in [-0.1, -0.05) is 12.1 Å². The van der Waals surface area contributed by atoms with Crippen LogP contribution in [0.2, 0.25) is 0 Å². The maximum atomic E-state index is 11.8. The van der Waals surface area contributed by atoms with Crippen LogP contribution in [0.4, 0.5) is 0 Å². The SMILES string of the molecule is CCNC(=NCCc1c(C)nn(C)c1C)NCCc1cccc(C(=O)NC)c1. The molecule has 0 aliphatic heterocycles. The second-order valence-corrected chi connectivity index (χ2v) is 6.74. The molecule has 1 heterocycles. The van der Waals surface area contributed by atoms with Crippen molar-refractivity contribution < 1.29 is 4.79 Å². The Morgan fingerprint density at radius 2 is 2.00 bits per heavy atom. The monoisotopic (exact) mass is 384 g/mol. The van der Waals surface area contributed by atoms with Gasteiger partial charge in [-0.2, -0.15) is 5.10 Å². The maximum Gasteiger partial charge on any atom is 0.251 e. The van der Waals surface area contributed by atoms with Gasteiger partial charge in [0.25, 0.3) is 5.91 Å². The average molecular weight is 385 g/mol. The molecule has 7 heteroatoms. The van der Waals surface area contributed by atoms with E-state index in [2.05, 4.69) is 39.9 Å². The van der Waals surface area contributed by atoms with Crippen molar-refractivity contribution in [3.63, 3.8) is 0 Å². The second kappa shape index (κ2) is 10.5. The van der Waals surface area contributed by atoms with Gasteiger partial charge < -0.3 is 16.0 Å². The molecular formula is C21H32N6O. The lowest BCUT2D eigenvalue weighted by Gasteiger charge is -2.12. The first-order valence-corrected chi connectivity index (χ1v) is 9.78. The van der Waals surface area contributed by atoms with Gasteiger partial charge in [-0.25, -0.2) is 0 Å². The van der Waals surface area contributed by atoms with Gasteiger partial charge in [0.2, 0.25) is 0 Å². The summed E-state index contributed by atoms with van der Waals surface area (Å²) in [5.74, 6) is 0.745. The van der Waals surface area contributed by atoms with Gasteiger partial charge in [0.05, 0.1) is 5.69 Å². The number of amides is 1. The molecule has 1 aromatic heterocycles. The highest BCUT2D eigenvalue weighted by Gasteiger charge is 2.09. The molecule has 0 atom stereocenters. The van der Waals surface area contributed by atoms with Gasteiger partial charge in [-0.05, 0) is 56.9 Å². The first-order valence-electron chi connectivity index (χ1n) is 9.78. The van der Waals surface area contributed by atoms with Gasteiger partial charge in [0, 0.05) is 45.0 Å². The van der Waals surface area contributed by atoms with Crippen molar-refractivity contribution >= 4 is 11.9 Å². The van der Waals surface area contributed by atoms with Crippen LogP contribution in [-0.4, -0.2) is 48.3 Å². The minimum atomic E-state index is -0.0642. The predicted octanol–water partition coefficient (Wildman–Crippen LogP) is 1.74. The number of benzene rings is 1. The van der Waals surface area contributed by atoms with E-state index in [1.165, 1.54) is 11.3 Å². The summed E-state index contributed by atoms with van der Waals surface area (Å²) >= 11 is 0. The van der Waals surface area contributed by atoms with E-state index in [1.54, 1.807) is 7.05 Å². The fraction of sp³-hybridized carbons (Fsp3) is 0.476. The third-order valence-corrected chi connectivity index (χ3v) is 4.76. The molecule has 0 aliphatic carbocycles. The molecule has 0 spiro atoms. The fourth-order valence-corrected chi connectivity index (χ4v) is 3.14. The molecule has 1 aromatic carbocycles. The van der Waals surface area contributed by atoms with Crippen LogP contribution in [0.1, 0.15) is 39.8 Å². The van der Waals surface area contributed by atoms with Crippen LogP contribution in [0.5, 0.6) is 0 Å². The van der Waals surface area contributed by atoms with Crippen molar-refractivity contribution in [3.05, 3.63) is 52.3 Å². The molecular weight excluding hydrogens is 352 g/mol. The third kappa shape index (κ3) is 5.84. The molecule has 1 amide bonds. The van der Waals surface area contributed by atoms with Crippen LogP contribution < -0.4 is 16.0 Å². The van der Waals surface area contributed by atoms with Crippen LogP contribution in [0, 0.1) is 13.8 Å². The highest BCUT2D eigenvalue weighted by Crippen LogP contribution is 2.12. The van der Waals surface area contributed by atoms with Gasteiger partial charge in [-0.3, -0.25) is 14.5 Å². The van der Waals surface area contributed by atoms with E-state index in [1.807, 2.05) is 42.9 Å². The molecule has 0 saturated carbocycles. The van der Waals surface area contributed by atoms with Gasteiger partial charge >= 0.3 is 0 Å². The fourth-order valence-electron chi connectivity index (χ4n) is 3.14. The van der Waals surface area contributed by atoms with E-state index in [-0.39, 0.29) is 5.91 Å². The molecule has 0 bridgehead atoms. The van der Waals surface area contributed by atoms with Crippen molar-refractivity contribution in [2.45, 2.75) is 33.6 Å². The molecule has 28 heavy (non-hydrogen) atoms. The zero-order valence-corrected chi connectivity index (χ0v) is 17.6. The Hall–Kier alpha value is -2.83. The van der Waals surface area contributed by atoms with E-state index >= 15 is 0 Å². The lowest BCUT2D eigenvalue weighted by Crippen LogP contribution is -2.38. The molecule has 0 unspecified atom stereocenters. The maximum absolute atomic E-state index is 11.8. The zero-order valence-electron chi connectivity index (χ0n) is 17.6. The number of aryl methyl sites for hydroxylation is 2. The Bertz CT molecular complexity index is 824. The Balaban J connectivity index is 1.90. The topological polar surface area (TPSA) is 83.3 Å². The predicted molar refractivity (Wildman–Crippen MR) is 114 cm³/mol. The summed E-state index contributed by atoms with van der Waals surface area (Å²) in [6, 6.07) is 7.70. The summed E-state index contributed by atoms with van der Waals surface area (Å²) in [5, 5.41) is 13.8. The lowest BCUT2D eigenvalue weighted by atomic mass is 10.1. The number of nitrogens with one attached hydrogen (secondary N) is 3. The molecule has 152 valence electrons. The average Bonchev–Trinajstić information content (AvgIpc) is 2.93. The van der Waals surface area contributed by atoms with Crippen molar-refractivity contribution in [1.82, 2.24) is 25.7 Å². The lowest BCUT2D eigenvalue weighted by molar-refractivity contribution is 0.0963. The second-order valence-electron chi connectivity index (χ2n) is 6.74. The number of aromatic nitrogens is 2. The Kier molecular flexibility index (Phi) is 8.04. The van der Waals surface area contributed by atoms with E-state index in [9.17, 15) is 4.79 Å². The molecule has 0 fully saturated rings. The summed E-state index contributed by atoms with van der Waals surface area (Å²) in [6.45, 7) is 8.45. The van der Waals surface area contributed by atoms with E-state index in [0.29, 0.717) is 12.1 Å². The molecule has 2 rings (SSSR count). The molecule has 0 aliphatic rings. The van der Waals surface area contributed by atoms with Gasteiger partial charge in [-0.15, -0.1) is 0 Å². The number of guanidine groups is 1. The molecule has 0 radical (unpaired) electrons. The van der Waals surface area contributed by atoms with Crippen LogP contribution in [-0.2, 0) is 19.9 Å². The van der Waals surface area contributed by atoms with Crippen molar-refractivity contribution in [2.24, 2.45) is 12.0 Å². The summed E-state index contributed by atoms with van der Waals surface area (Å²) in [7, 11) is 3.62. The first kappa shape index (κ1) is 21.5. The van der Waals surface area contributed by atoms with Crippen LogP contribution in [0.15, 0.2) is 29.3 Å². The minimum Gasteiger partial charge on any atom is -0.357 e. The molecule has 3 N–H and O–H groups in total. The third-order valence-electron chi connectivity index (χ3n) is 4.76. The summed E-state index contributed by atoms with van der Waals surface area (Å²) in [4.78, 5) is 16.4. The van der Waals surface area contributed by atoms with Crippen molar-refractivity contribution in [1.29, 1.82) is 0 Å². The first-order chi connectivity index (χ1) is 13.5. The molecule has 7 nitrogen and oxygen atoms in total. The number of nitrogens with zero attached hydrogens (tertiary/aromatic N) is 3. The van der Waals surface area contributed by atoms with Crippen LogP contribution >= 0.6 is 0 Å². The molecule has 2 aromatic rings. The number of rotatable bonds is 8. The minimum absolute atomic E-state index is 0.0642. The van der Waals surface area contributed by atoms with Gasteiger partial charge in [0.15, 0.2) is 5.96 Å². The summed E-state index contributed by atoms with van der Waals surface area (Å²) in [5.41, 5.74) is 5.34. The largest absolute Gasteiger partial charge is 0.357 e. The number of carbonyl (C=O) groups is 1. The standard InChI is InChI=1S/C21H32N6O/c1-6-23-21(25-13-11-19-15(2)26-27(5)16(19)3)24-12-10-17-8-7-9-18(14-17)20(28)22-4/h7-9,14H,6,10-13H2,1-5H3,(H,22,28)(H2,23,24,25). The number of aliphatic imine (C=N–C) groups is 1. The Morgan fingerprint density at radius 3 is 2.64 bits per heavy atom. The van der Waals surface area contributed by atoms with E-state index < -0.39 is 0 Å². The quantitative estimate of drug-likeness (QED) is 0.478. The Morgan fingerprint density at radius 1 is 1.21 bits per heavy atom. The summed E-state index contributed by atoms with van der Waals surface area (Å²) < 4.78 is 1.92. The van der Waals surface area contributed by atoms with Crippen LogP contribution in [0.25, 0.3) is 0 Å². The highest BCUT2D eigenvalue weighted by molar-refractivity contribution is 5.94. The number of hydrogen-bond donors (Lipinski definition) is 3. The highest BCUT2D eigenvalue weighted by atomic mass is 16.1. The van der Waals surface area contributed by atoms with Crippen LogP contribution in [0.3, 0.4) is 0 Å². The van der Waals surface area contributed by atoms with Crippen molar-refractivity contribution in [2.75, 3.05) is 26.7 Å². The smallest absolute Gasteiger partial charge is 0.251 e. The number of hydrogen-bond acceptors (Lipinski definition) is 3. The normalized spacial score (nSPS) is 11.4. The molecule has 0 saturated heterocycles.